The molecule has 2 rings (SSSR count). The molecule has 1 atom stereocenters. The summed E-state index contributed by atoms with van der Waals surface area (Å²) in [4.78, 5) is 10.9. The van der Waals surface area contributed by atoms with Gasteiger partial charge in [0.1, 0.15) is 6.29 Å². The van der Waals surface area contributed by atoms with Crippen LogP contribution in [0.3, 0.4) is 0 Å². The molecule has 1 aromatic carbocycles. The number of thioether (sulfide) groups is 1. The molecule has 1 fully saturated rings. The Bertz CT molecular complexity index is 329. The number of hydrogen-bond acceptors (Lipinski definition) is 2. The molecular formula is C13H16OS. The molecule has 1 nitrogen and oxygen atoms in total. The normalized spacial score (nSPS) is 21.2. The van der Waals surface area contributed by atoms with Gasteiger partial charge in [-0.3, -0.25) is 4.79 Å². The zero-order chi connectivity index (χ0) is 10.5. The van der Waals surface area contributed by atoms with Gasteiger partial charge in [0.25, 0.3) is 0 Å². The second-order valence-electron chi connectivity index (χ2n) is 4.10. The lowest BCUT2D eigenvalue weighted by molar-refractivity contribution is 0.112. The van der Waals surface area contributed by atoms with E-state index in [0.29, 0.717) is 0 Å². The highest BCUT2D eigenvalue weighted by Crippen LogP contribution is 2.26. The molecule has 15 heavy (non-hydrogen) atoms. The number of benzene rings is 1. The minimum Gasteiger partial charge on any atom is -0.298 e. The van der Waals surface area contributed by atoms with Crippen LogP contribution in [0.25, 0.3) is 0 Å². The Hall–Kier alpha value is -0.760. The maximum atomic E-state index is 10.9. The van der Waals surface area contributed by atoms with E-state index in [9.17, 15) is 4.79 Å². The van der Waals surface area contributed by atoms with E-state index in [1.165, 1.54) is 29.9 Å². The molecule has 0 bridgehead atoms. The molecule has 0 aliphatic carbocycles. The summed E-state index contributed by atoms with van der Waals surface area (Å²) in [5, 5.41) is 0. The fraction of sp³-hybridized carbons (Fsp3) is 0.462. The van der Waals surface area contributed by atoms with Crippen molar-refractivity contribution in [2.45, 2.75) is 19.3 Å². The lowest BCUT2D eigenvalue weighted by Gasteiger charge is -2.21. The topological polar surface area (TPSA) is 17.1 Å². The predicted molar refractivity (Wildman–Crippen MR) is 65.6 cm³/mol. The molecule has 80 valence electrons. The highest BCUT2D eigenvalue weighted by Gasteiger charge is 2.15. The molecule has 2 heteroatoms. The molecule has 1 aliphatic heterocycles. The summed E-state index contributed by atoms with van der Waals surface area (Å²) in [6, 6.07) is 7.96. The van der Waals surface area contributed by atoms with Gasteiger partial charge in [0.15, 0.2) is 0 Å². The first-order valence-corrected chi connectivity index (χ1v) is 6.66. The Balaban J connectivity index is 2.05. The van der Waals surface area contributed by atoms with E-state index in [1.807, 2.05) is 30.0 Å². The maximum Gasteiger partial charge on any atom is 0.150 e. The molecule has 1 aromatic rings. The number of carbonyl (C=O) groups is 1. The number of carbonyl (C=O) groups excluding carboxylic acids is 1. The van der Waals surface area contributed by atoms with Gasteiger partial charge >= 0.3 is 0 Å². The van der Waals surface area contributed by atoms with E-state index in [0.717, 1.165) is 24.2 Å². The summed E-state index contributed by atoms with van der Waals surface area (Å²) in [5.41, 5.74) is 2.09. The fourth-order valence-electron chi connectivity index (χ4n) is 2.11. The summed E-state index contributed by atoms with van der Waals surface area (Å²) >= 11 is 2.05. The standard InChI is InChI=1S/C13H16OS/c14-9-13-6-2-1-5-12(13)8-11-4-3-7-15-10-11/h1-2,5-6,9,11H,3-4,7-8,10H2. The molecule has 1 aliphatic rings. The second kappa shape index (κ2) is 5.36. The van der Waals surface area contributed by atoms with E-state index >= 15 is 0 Å². The third-order valence-electron chi connectivity index (χ3n) is 2.95. The van der Waals surface area contributed by atoms with Crippen LogP contribution in [0.4, 0.5) is 0 Å². The van der Waals surface area contributed by atoms with Gasteiger partial charge in [0, 0.05) is 5.56 Å². The van der Waals surface area contributed by atoms with Gasteiger partial charge in [-0.1, -0.05) is 24.3 Å². The zero-order valence-electron chi connectivity index (χ0n) is 8.82. The predicted octanol–water partition coefficient (Wildman–Crippen LogP) is 3.18. The Morgan fingerprint density at radius 2 is 2.27 bits per heavy atom. The smallest absolute Gasteiger partial charge is 0.150 e. The van der Waals surface area contributed by atoms with Gasteiger partial charge in [-0.15, -0.1) is 0 Å². The van der Waals surface area contributed by atoms with Crippen molar-refractivity contribution in [3.63, 3.8) is 0 Å². The maximum absolute atomic E-state index is 10.9. The van der Waals surface area contributed by atoms with Crippen molar-refractivity contribution < 1.29 is 4.79 Å². The highest BCUT2D eigenvalue weighted by atomic mass is 32.2. The van der Waals surface area contributed by atoms with Crippen molar-refractivity contribution in [1.82, 2.24) is 0 Å². The molecular weight excluding hydrogens is 204 g/mol. The van der Waals surface area contributed by atoms with Crippen LogP contribution in [-0.4, -0.2) is 17.8 Å². The van der Waals surface area contributed by atoms with Gasteiger partial charge < -0.3 is 0 Å². The van der Waals surface area contributed by atoms with Crippen LogP contribution >= 0.6 is 11.8 Å². The van der Waals surface area contributed by atoms with E-state index in [-0.39, 0.29) is 0 Å². The fourth-order valence-corrected chi connectivity index (χ4v) is 3.27. The van der Waals surface area contributed by atoms with Crippen molar-refractivity contribution in [1.29, 1.82) is 0 Å². The summed E-state index contributed by atoms with van der Waals surface area (Å²) < 4.78 is 0. The molecule has 1 heterocycles. The van der Waals surface area contributed by atoms with Crippen molar-refractivity contribution >= 4 is 18.0 Å². The first kappa shape index (κ1) is 10.7. The lowest BCUT2D eigenvalue weighted by atomic mass is 9.94. The van der Waals surface area contributed by atoms with Crippen molar-refractivity contribution in [2.75, 3.05) is 11.5 Å². The molecule has 0 radical (unpaired) electrons. The number of aldehydes is 1. The Labute approximate surface area is 95.3 Å². The number of rotatable bonds is 3. The van der Waals surface area contributed by atoms with Crippen LogP contribution in [0, 0.1) is 5.92 Å². The molecule has 0 saturated carbocycles. The Morgan fingerprint density at radius 1 is 1.40 bits per heavy atom. The first-order valence-electron chi connectivity index (χ1n) is 5.51. The van der Waals surface area contributed by atoms with Crippen LogP contribution in [-0.2, 0) is 6.42 Å². The van der Waals surface area contributed by atoms with Gasteiger partial charge in [0.2, 0.25) is 0 Å². The van der Waals surface area contributed by atoms with Gasteiger partial charge in [-0.05, 0) is 42.2 Å². The van der Waals surface area contributed by atoms with Gasteiger partial charge in [0.05, 0.1) is 0 Å². The Kier molecular flexibility index (Phi) is 3.84. The van der Waals surface area contributed by atoms with Crippen molar-refractivity contribution in [3.8, 4) is 0 Å². The molecule has 0 N–H and O–H groups in total. The lowest BCUT2D eigenvalue weighted by Crippen LogP contribution is -2.14. The highest BCUT2D eigenvalue weighted by molar-refractivity contribution is 7.99. The first-order chi connectivity index (χ1) is 7.40. The molecule has 0 aromatic heterocycles. The van der Waals surface area contributed by atoms with Crippen LogP contribution in [0.1, 0.15) is 28.8 Å². The van der Waals surface area contributed by atoms with E-state index < -0.39 is 0 Å². The van der Waals surface area contributed by atoms with Crippen molar-refractivity contribution in [3.05, 3.63) is 35.4 Å². The SMILES string of the molecule is O=Cc1ccccc1CC1CCCSC1. The average molecular weight is 220 g/mol. The minimum atomic E-state index is 0.768. The zero-order valence-corrected chi connectivity index (χ0v) is 9.63. The summed E-state index contributed by atoms with van der Waals surface area (Å²) in [5.74, 6) is 3.34. The molecule has 0 amide bonds. The van der Waals surface area contributed by atoms with Gasteiger partial charge in [-0.25, -0.2) is 0 Å². The average Bonchev–Trinajstić information content (AvgIpc) is 2.31. The van der Waals surface area contributed by atoms with E-state index in [4.69, 9.17) is 0 Å². The van der Waals surface area contributed by atoms with Crippen LogP contribution in [0.2, 0.25) is 0 Å². The number of hydrogen-bond donors (Lipinski definition) is 0. The third kappa shape index (κ3) is 2.85. The summed E-state index contributed by atoms with van der Waals surface area (Å²) in [7, 11) is 0. The third-order valence-corrected chi connectivity index (χ3v) is 4.23. The van der Waals surface area contributed by atoms with Crippen LogP contribution < -0.4 is 0 Å². The molecule has 0 spiro atoms. The van der Waals surface area contributed by atoms with Gasteiger partial charge in [-0.2, -0.15) is 11.8 Å². The molecule has 1 saturated heterocycles. The van der Waals surface area contributed by atoms with Crippen LogP contribution in [0.5, 0.6) is 0 Å². The molecule has 1 unspecified atom stereocenters. The largest absolute Gasteiger partial charge is 0.298 e. The summed E-state index contributed by atoms with van der Waals surface area (Å²) in [6.07, 6.45) is 4.70. The van der Waals surface area contributed by atoms with Crippen LogP contribution in [0.15, 0.2) is 24.3 Å². The summed E-state index contributed by atoms with van der Waals surface area (Å²) in [6.45, 7) is 0. The second-order valence-corrected chi connectivity index (χ2v) is 5.25. The Morgan fingerprint density at radius 3 is 3.00 bits per heavy atom. The van der Waals surface area contributed by atoms with E-state index in [1.54, 1.807) is 0 Å². The van der Waals surface area contributed by atoms with Crippen molar-refractivity contribution in [2.24, 2.45) is 5.92 Å². The quantitative estimate of drug-likeness (QED) is 0.728. The monoisotopic (exact) mass is 220 g/mol. The van der Waals surface area contributed by atoms with E-state index in [2.05, 4.69) is 6.07 Å². The minimum absolute atomic E-state index is 0.768.